The summed E-state index contributed by atoms with van der Waals surface area (Å²) in [6.45, 7) is 0.167. The zero-order valence-corrected chi connectivity index (χ0v) is 13.2. The quantitative estimate of drug-likeness (QED) is 0.892. The van der Waals surface area contributed by atoms with Gasteiger partial charge in [0, 0.05) is 5.56 Å². The highest BCUT2D eigenvalue weighted by Gasteiger charge is 2.47. The molecule has 25 heavy (non-hydrogen) atoms. The number of aromatic amines is 1. The fourth-order valence-electron chi connectivity index (χ4n) is 3.20. The zero-order valence-electron chi connectivity index (χ0n) is 12.4. The molecule has 0 saturated heterocycles. The Morgan fingerprint density at radius 1 is 1.16 bits per heavy atom. The van der Waals surface area contributed by atoms with Crippen LogP contribution in [0, 0.1) is 5.92 Å². The lowest BCUT2D eigenvalue weighted by molar-refractivity contribution is -0.137. The molecule has 0 radical (unpaired) electrons. The molecule has 1 aliphatic heterocycles. The molecule has 1 aromatic carbocycles. The van der Waals surface area contributed by atoms with Gasteiger partial charge in [0.05, 0.1) is 34.9 Å². The van der Waals surface area contributed by atoms with Gasteiger partial charge in [-0.15, -0.1) is 0 Å². The van der Waals surface area contributed by atoms with E-state index in [-0.39, 0.29) is 30.8 Å². The second-order valence-corrected chi connectivity index (χ2v) is 8.05. The summed E-state index contributed by atoms with van der Waals surface area (Å²) in [5.74, 6) is 0.244. The van der Waals surface area contributed by atoms with Gasteiger partial charge in [-0.3, -0.25) is 5.10 Å². The Bertz CT molecular complexity index is 871. The molecule has 0 spiro atoms. The third-order valence-corrected chi connectivity index (χ3v) is 6.39. The van der Waals surface area contributed by atoms with Gasteiger partial charge in [-0.05, 0) is 43.0 Å². The number of fused-ring (bicyclic) bond motifs is 1. The Balaban J connectivity index is 0.00000182. The van der Waals surface area contributed by atoms with Gasteiger partial charge in [0.1, 0.15) is 0 Å². The van der Waals surface area contributed by atoms with Crippen molar-refractivity contribution in [3.63, 3.8) is 0 Å². The largest absolute Gasteiger partial charge is 0.416 e. The Hall–Kier alpha value is -1.87. The highest BCUT2D eigenvalue weighted by atomic mass is 32.2. The van der Waals surface area contributed by atoms with E-state index in [0.29, 0.717) is 0 Å². The van der Waals surface area contributed by atoms with Crippen molar-refractivity contribution >= 4 is 10.0 Å². The van der Waals surface area contributed by atoms with Crippen LogP contribution in [0.4, 0.5) is 13.2 Å². The Kier molecular flexibility index (Phi) is 4.19. The number of alkyl halides is 3. The standard InChI is InChI=1S/C15H14F3N3O2S.CH4/c16-15(17,18)10-3-5-11(6-4-10)24(22,23)21-8-13-12(7-19-20-13)14(21)9-1-2-9;/h3-7,9,14H,1-2,8H2,(H,19,20);1H4/t14-;/m1./s1. The molecule has 2 aliphatic rings. The molecule has 5 nitrogen and oxygen atoms in total. The number of nitrogens with one attached hydrogen (secondary N) is 1. The highest BCUT2D eigenvalue weighted by molar-refractivity contribution is 7.89. The Labute approximate surface area is 143 Å². The van der Waals surface area contributed by atoms with Crippen LogP contribution in [0.15, 0.2) is 35.4 Å². The molecule has 0 amide bonds. The second-order valence-electron chi connectivity index (χ2n) is 6.16. The number of halogens is 3. The first-order chi connectivity index (χ1) is 11.3. The molecule has 1 aliphatic carbocycles. The predicted molar refractivity (Wildman–Crippen MR) is 85.0 cm³/mol. The summed E-state index contributed by atoms with van der Waals surface area (Å²) in [4.78, 5) is -0.126. The normalized spacial score (nSPS) is 21.0. The van der Waals surface area contributed by atoms with Crippen LogP contribution in [0.3, 0.4) is 0 Å². The van der Waals surface area contributed by atoms with Crippen LogP contribution >= 0.6 is 0 Å². The minimum atomic E-state index is -4.49. The number of H-pyrrole nitrogens is 1. The maximum absolute atomic E-state index is 12.9. The molecular formula is C16H18F3N3O2S. The number of sulfonamides is 1. The van der Waals surface area contributed by atoms with E-state index in [4.69, 9.17) is 0 Å². The molecule has 0 unspecified atom stereocenters. The van der Waals surface area contributed by atoms with Crippen LogP contribution in [0.25, 0.3) is 0 Å². The molecule has 2 heterocycles. The maximum Gasteiger partial charge on any atom is 0.416 e. The van der Waals surface area contributed by atoms with Crippen molar-refractivity contribution < 1.29 is 21.6 Å². The van der Waals surface area contributed by atoms with Crippen molar-refractivity contribution in [2.75, 3.05) is 0 Å². The lowest BCUT2D eigenvalue weighted by Gasteiger charge is -2.24. The Morgan fingerprint density at radius 2 is 1.80 bits per heavy atom. The van der Waals surface area contributed by atoms with Gasteiger partial charge in [0.25, 0.3) is 0 Å². The van der Waals surface area contributed by atoms with Crippen LogP contribution in [0.5, 0.6) is 0 Å². The van der Waals surface area contributed by atoms with Crippen molar-refractivity contribution in [2.24, 2.45) is 5.92 Å². The minimum Gasteiger partial charge on any atom is -0.281 e. The lowest BCUT2D eigenvalue weighted by Crippen LogP contribution is -2.31. The smallest absolute Gasteiger partial charge is 0.281 e. The van der Waals surface area contributed by atoms with E-state index in [0.717, 1.165) is 48.4 Å². The molecule has 4 rings (SSSR count). The first-order valence-corrected chi connectivity index (χ1v) is 8.94. The number of hydrogen-bond acceptors (Lipinski definition) is 3. The monoisotopic (exact) mass is 373 g/mol. The molecule has 136 valence electrons. The van der Waals surface area contributed by atoms with Crippen molar-refractivity contribution in [1.82, 2.24) is 14.5 Å². The van der Waals surface area contributed by atoms with Crippen LogP contribution in [-0.4, -0.2) is 22.9 Å². The van der Waals surface area contributed by atoms with Crippen LogP contribution < -0.4 is 0 Å². The molecule has 2 aromatic rings. The minimum absolute atomic E-state index is 0. The Morgan fingerprint density at radius 3 is 2.36 bits per heavy atom. The maximum atomic E-state index is 12.9. The number of nitrogens with zero attached hydrogens (tertiary/aromatic N) is 2. The fourth-order valence-corrected chi connectivity index (χ4v) is 4.83. The molecule has 1 aromatic heterocycles. The van der Waals surface area contributed by atoms with Crippen LogP contribution in [-0.2, 0) is 22.7 Å². The molecule has 0 bridgehead atoms. The summed E-state index contributed by atoms with van der Waals surface area (Å²) in [5.41, 5.74) is 0.756. The van der Waals surface area contributed by atoms with Gasteiger partial charge in [-0.1, -0.05) is 7.43 Å². The van der Waals surface area contributed by atoms with E-state index in [1.54, 1.807) is 6.20 Å². The van der Waals surface area contributed by atoms with Crippen LogP contribution in [0.1, 0.15) is 43.1 Å². The topological polar surface area (TPSA) is 66.1 Å². The second kappa shape index (κ2) is 5.84. The summed E-state index contributed by atoms with van der Waals surface area (Å²) in [5, 5.41) is 6.77. The fraction of sp³-hybridized carbons (Fsp3) is 0.438. The molecule has 1 saturated carbocycles. The van der Waals surface area contributed by atoms with E-state index in [1.165, 1.54) is 4.31 Å². The molecule has 1 fully saturated rings. The van der Waals surface area contributed by atoms with E-state index in [1.807, 2.05) is 0 Å². The summed E-state index contributed by atoms with van der Waals surface area (Å²) in [6.07, 6.45) is -0.973. The van der Waals surface area contributed by atoms with E-state index >= 15 is 0 Å². The molecular weight excluding hydrogens is 355 g/mol. The van der Waals surface area contributed by atoms with E-state index < -0.39 is 21.8 Å². The van der Waals surface area contributed by atoms with Gasteiger partial charge in [0.2, 0.25) is 10.0 Å². The summed E-state index contributed by atoms with van der Waals surface area (Å²) >= 11 is 0. The third-order valence-electron chi connectivity index (χ3n) is 4.55. The molecule has 9 heteroatoms. The number of benzene rings is 1. The lowest BCUT2D eigenvalue weighted by atomic mass is 10.1. The number of rotatable bonds is 3. The number of aromatic nitrogens is 2. The van der Waals surface area contributed by atoms with Crippen molar-refractivity contribution in [3.8, 4) is 0 Å². The van der Waals surface area contributed by atoms with Gasteiger partial charge >= 0.3 is 6.18 Å². The van der Waals surface area contributed by atoms with Gasteiger partial charge < -0.3 is 0 Å². The van der Waals surface area contributed by atoms with Gasteiger partial charge in [-0.2, -0.15) is 22.6 Å². The summed E-state index contributed by atoms with van der Waals surface area (Å²) < 4.78 is 65.2. The van der Waals surface area contributed by atoms with Gasteiger partial charge in [0.15, 0.2) is 0 Å². The summed E-state index contributed by atoms with van der Waals surface area (Å²) in [6, 6.07) is 3.36. The van der Waals surface area contributed by atoms with E-state index in [2.05, 4.69) is 10.2 Å². The predicted octanol–water partition coefficient (Wildman–Crippen LogP) is 3.72. The molecule has 1 N–H and O–H groups in total. The average Bonchev–Trinajstić information content (AvgIpc) is 3.13. The molecule has 1 atom stereocenters. The van der Waals surface area contributed by atoms with E-state index in [9.17, 15) is 21.6 Å². The van der Waals surface area contributed by atoms with Crippen molar-refractivity contribution in [3.05, 3.63) is 47.3 Å². The SMILES string of the molecule is C.O=S(=O)(c1ccc(C(F)(F)F)cc1)N1Cc2[nH]ncc2[C@H]1C1CC1. The van der Waals surface area contributed by atoms with Crippen molar-refractivity contribution in [1.29, 1.82) is 0 Å². The van der Waals surface area contributed by atoms with Crippen molar-refractivity contribution in [2.45, 2.75) is 43.9 Å². The average molecular weight is 373 g/mol. The number of hydrogen-bond donors (Lipinski definition) is 1. The van der Waals surface area contributed by atoms with Crippen LogP contribution in [0.2, 0.25) is 0 Å². The third kappa shape index (κ3) is 2.95. The highest BCUT2D eigenvalue weighted by Crippen LogP contribution is 2.50. The first kappa shape index (κ1) is 17.9. The van der Waals surface area contributed by atoms with Gasteiger partial charge in [-0.25, -0.2) is 8.42 Å². The summed E-state index contributed by atoms with van der Waals surface area (Å²) in [7, 11) is -3.87. The first-order valence-electron chi connectivity index (χ1n) is 7.50. The zero-order chi connectivity index (χ0) is 17.1.